The fourth-order valence-corrected chi connectivity index (χ4v) is 1.12. The van der Waals surface area contributed by atoms with Crippen molar-refractivity contribution in [3.63, 3.8) is 0 Å². The topological polar surface area (TPSA) is 70.3 Å². The summed E-state index contributed by atoms with van der Waals surface area (Å²) in [6.07, 6.45) is 0.0889. The van der Waals surface area contributed by atoms with Gasteiger partial charge in [-0.2, -0.15) is 5.26 Å². The predicted molar refractivity (Wildman–Crippen MR) is 49.3 cm³/mol. The second-order valence-electron chi connectivity index (χ2n) is 2.66. The zero-order valence-corrected chi connectivity index (χ0v) is 7.65. The van der Waals surface area contributed by atoms with Crippen LogP contribution in [-0.2, 0) is 6.42 Å². The Hall–Kier alpha value is -2.02. The van der Waals surface area contributed by atoms with Crippen LogP contribution >= 0.6 is 0 Å². The standard InChI is InChI=1S/C10H9NO3/c1-14-8-3-2-7(4-5-11)9(6-8)10(12)13/h2-3,6H,4H2,1H3,(H,12,13). The van der Waals surface area contributed by atoms with E-state index < -0.39 is 5.97 Å². The molecule has 0 amide bonds. The Morgan fingerprint density at radius 1 is 1.64 bits per heavy atom. The maximum atomic E-state index is 10.8. The summed E-state index contributed by atoms with van der Waals surface area (Å²) in [6.45, 7) is 0. The number of rotatable bonds is 3. The maximum absolute atomic E-state index is 10.8. The third-order valence-corrected chi connectivity index (χ3v) is 1.82. The van der Waals surface area contributed by atoms with E-state index in [1.54, 1.807) is 12.1 Å². The van der Waals surface area contributed by atoms with Crippen LogP contribution in [0.2, 0.25) is 0 Å². The number of carboxylic acids is 1. The molecule has 0 aromatic heterocycles. The van der Waals surface area contributed by atoms with Crippen LogP contribution < -0.4 is 4.74 Å². The summed E-state index contributed by atoms with van der Waals surface area (Å²) in [4.78, 5) is 10.8. The molecule has 1 rings (SSSR count). The van der Waals surface area contributed by atoms with Gasteiger partial charge in [0.15, 0.2) is 0 Å². The lowest BCUT2D eigenvalue weighted by molar-refractivity contribution is 0.0695. The molecule has 0 spiro atoms. The van der Waals surface area contributed by atoms with Crippen molar-refractivity contribution < 1.29 is 14.6 Å². The van der Waals surface area contributed by atoms with Gasteiger partial charge in [-0.25, -0.2) is 4.79 Å². The molecule has 0 heterocycles. The van der Waals surface area contributed by atoms with Gasteiger partial charge in [0.2, 0.25) is 0 Å². The van der Waals surface area contributed by atoms with Crippen LogP contribution in [0.25, 0.3) is 0 Å². The van der Waals surface area contributed by atoms with Crippen LogP contribution in [0.3, 0.4) is 0 Å². The van der Waals surface area contributed by atoms with Gasteiger partial charge in [-0.3, -0.25) is 0 Å². The molecule has 4 nitrogen and oxygen atoms in total. The van der Waals surface area contributed by atoms with Gasteiger partial charge in [0.05, 0.1) is 25.2 Å². The van der Waals surface area contributed by atoms with Gasteiger partial charge in [-0.05, 0) is 17.7 Å². The highest BCUT2D eigenvalue weighted by molar-refractivity contribution is 5.90. The van der Waals surface area contributed by atoms with E-state index in [4.69, 9.17) is 15.1 Å². The van der Waals surface area contributed by atoms with Gasteiger partial charge in [0, 0.05) is 0 Å². The summed E-state index contributed by atoms with van der Waals surface area (Å²) in [6, 6.07) is 6.55. The summed E-state index contributed by atoms with van der Waals surface area (Å²) < 4.78 is 4.89. The molecule has 0 atom stereocenters. The highest BCUT2D eigenvalue weighted by atomic mass is 16.5. The van der Waals surface area contributed by atoms with Gasteiger partial charge in [-0.15, -0.1) is 0 Å². The SMILES string of the molecule is COc1ccc(CC#N)c(C(=O)O)c1. The van der Waals surface area contributed by atoms with Crippen molar-refractivity contribution in [2.24, 2.45) is 0 Å². The van der Waals surface area contributed by atoms with Crippen molar-refractivity contribution in [2.75, 3.05) is 7.11 Å². The molecule has 0 fully saturated rings. The summed E-state index contributed by atoms with van der Waals surface area (Å²) >= 11 is 0. The Morgan fingerprint density at radius 3 is 2.86 bits per heavy atom. The highest BCUT2D eigenvalue weighted by Crippen LogP contribution is 2.18. The van der Waals surface area contributed by atoms with Crippen LogP contribution in [0.5, 0.6) is 5.75 Å². The molecule has 1 aromatic carbocycles. The number of hydrogen-bond donors (Lipinski definition) is 1. The van der Waals surface area contributed by atoms with E-state index in [2.05, 4.69) is 0 Å². The number of nitriles is 1. The lowest BCUT2D eigenvalue weighted by Crippen LogP contribution is -2.02. The smallest absolute Gasteiger partial charge is 0.336 e. The molecule has 0 bridgehead atoms. The molecule has 0 aliphatic carbocycles. The Kier molecular flexibility index (Phi) is 3.08. The first kappa shape index (κ1) is 10.1. The minimum Gasteiger partial charge on any atom is -0.497 e. The largest absolute Gasteiger partial charge is 0.497 e. The lowest BCUT2D eigenvalue weighted by atomic mass is 10.1. The lowest BCUT2D eigenvalue weighted by Gasteiger charge is -2.04. The van der Waals surface area contributed by atoms with Crippen molar-refractivity contribution >= 4 is 5.97 Å². The second kappa shape index (κ2) is 4.28. The van der Waals surface area contributed by atoms with Crippen LogP contribution in [-0.4, -0.2) is 18.2 Å². The molecule has 0 aliphatic rings. The number of ether oxygens (including phenoxy) is 1. The minimum absolute atomic E-state index is 0.0889. The maximum Gasteiger partial charge on any atom is 0.336 e. The first-order valence-electron chi connectivity index (χ1n) is 3.96. The minimum atomic E-state index is -1.05. The third-order valence-electron chi connectivity index (χ3n) is 1.82. The highest BCUT2D eigenvalue weighted by Gasteiger charge is 2.10. The summed E-state index contributed by atoms with van der Waals surface area (Å²) in [7, 11) is 1.46. The molecule has 0 aliphatic heterocycles. The van der Waals surface area contributed by atoms with E-state index in [1.807, 2.05) is 6.07 Å². The number of nitrogens with zero attached hydrogens (tertiary/aromatic N) is 1. The van der Waals surface area contributed by atoms with Crippen LogP contribution in [0.4, 0.5) is 0 Å². The zero-order valence-electron chi connectivity index (χ0n) is 7.65. The van der Waals surface area contributed by atoms with Gasteiger partial charge in [-0.1, -0.05) is 6.07 Å². The van der Waals surface area contributed by atoms with Crippen LogP contribution in [0, 0.1) is 11.3 Å². The molecular formula is C10H9NO3. The molecule has 72 valence electrons. The molecule has 1 aromatic rings. The monoisotopic (exact) mass is 191 g/mol. The summed E-state index contributed by atoms with van der Waals surface area (Å²) in [5.74, 6) is -0.571. The van der Waals surface area contributed by atoms with E-state index in [9.17, 15) is 4.79 Å². The quantitative estimate of drug-likeness (QED) is 0.785. The number of carbonyl (C=O) groups is 1. The molecule has 0 radical (unpaired) electrons. The summed E-state index contributed by atoms with van der Waals surface area (Å²) in [5, 5.41) is 17.3. The zero-order chi connectivity index (χ0) is 10.6. The Labute approximate surface area is 81.4 Å². The average Bonchev–Trinajstić information content (AvgIpc) is 2.18. The number of methoxy groups -OCH3 is 1. The number of aromatic carboxylic acids is 1. The Balaban J connectivity index is 3.18. The van der Waals surface area contributed by atoms with E-state index in [0.29, 0.717) is 11.3 Å². The van der Waals surface area contributed by atoms with Gasteiger partial charge in [0.1, 0.15) is 5.75 Å². The van der Waals surface area contributed by atoms with Gasteiger partial charge < -0.3 is 9.84 Å². The third kappa shape index (κ3) is 2.02. The van der Waals surface area contributed by atoms with Crippen molar-refractivity contribution in [2.45, 2.75) is 6.42 Å². The first-order valence-corrected chi connectivity index (χ1v) is 3.96. The van der Waals surface area contributed by atoms with Crippen molar-refractivity contribution in [1.82, 2.24) is 0 Å². The molecule has 4 heteroatoms. The van der Waals surface area contributed by atoms with E-state index in [1.165, 1.54) is 13.2 Å². The number of benzene rings is 1. The Morgan fingerprint density at radius 2 is 2.36 bits per heavy atom. The van der Waals surface area contributed by atoms with Crippen molar-refractivity contribution in [3.8, 4) is 11.8 Å². The van der Waals surface area contributed by atoms with Crippen LogP contribution in [0.1, 0.15) is 15.9 Å². The molecule has 14 heavy (non-hydrogen) atoms. The van der Waals surface area contributed by atoms with Crippen molar-refractivity contribution in [3.05, 3.63) is 29.3 Å². The van der Waals surface area contributed by atoms with E-state index in [0.717, 1.165) is 0 Å². The van der Waals surface area contributed by atoms with Crippen LogP contribution in [0.15, 0.2) is 18.2 Å². The average molecular weight is 191 g/mol. The van der Waals surface area contributed by atoms with Gasteiger partial charge in [0.25, 0.3) is 0 Å². The Bertz CT molecular complexity index is 393. The second-order valence-corrected chi connectivity index (χ2v) is 2.66. The number of carboxylic acid groups (broad SMARTS) is 1. The van der Waals surface area contributed by atoms with E-state index >= 15 is 0 Å². The summed E-state index contributed by atoms with van der Waals surface area (Å²) in [5.41, 5.74) is 0.617. The van der Waals surface area contributed by atoms with E-state index in [-0.39, 0.29) is 12.0 Å². The molecule has 0 unspecified atom stereocenters. The fourth-order valence-electron chi connectivity index (χ4n) is 1.12. The predicted octanol–water partition coefficient (Wildman–Crippen LogP) is 1.46. The molecule has 0 saturated carbocycles. The number of hydrogen-bond acceptors (Lipinski definition) is 3. The fraction of sp³-hybridized carbons (Fsp3) is 0.200. The molecule has 1 N–H and O–H groups in total. The van der Waals surface area contributed by atoms with Gasteiger partial charge >= 0.3 is 5.97 Å². The van der Waals surface area contributed by atoms with Crippen molar-refractivity contribution in [1.29, 1.82) is 5.26 Å². The molecular weight excluding hydrogens is 182 g/mol. The normalized spacial score (nSPS) is 9.14. The first-order chi connectivity index (χ1) is 6.69. The molecule has 0 saturated heterocycles.